The van der Waals surface area contributed by atoms with E-state index in [4.69, 9.17) is 5.73 Å². The Morgan fingerprint density at radius 1 is 1.22 bits per heavy atom. The molecule has 0 fully saturated rings. The highest BCUT2D eigenvalue weighted by molar-refractivity contribution is 5.85. The summed E-state index contributed by atoms with van der Waals surface area (Å²) in [4.78, 5) is 13.6. The van der Waals surface area contributed by atoms with Crippen molar-refractivity contribution in [1.82, 2.24) is 4.90 Å². The number of hydrogen-bond donors (Lipinski definition) is 1. The molecule has 0 saturated heterocycles. The second kappa shape index (κ2) is 7.88. The molecule has 1 aromatic carbocycles. The van der Waals surface area contributed by atoms with Gasteiger partial charge >= 0.3 is 6.36 Å². The van der Waals surface area contributed by atoms with Crippen LogP contribution in [0.25, 0.3) is 0 Å². The molecule has 0 aliphatic carbocycles. The first kappa shape index (κ1) is 21.5. The summed E-state index contributed by atoms with van der Waals surface area (Å²) in [7, 11) is 1.61. The van der Waals surface area contributed by atoms with E-state index in [-0.39, 0.29) is 36.0 Å². The number of likely N-dealkylation sites (N-methyl/N-ethyl adjacent to an activating group) is 1. The van der Waals surface area contributed by atoms with Crippen LogP contribution < -0.4 is 10.5 Å². The van der Waals surface area contributed by atoms with Crippen molar-refractivity contribution >= 4 is 18.3 Å². The Hall–Kier alpha value is -1.47. The molecule has 0 heterocycles. The molecule has 0 spiro atoms. The molecule has 8 heteroatoms. The molecule has 0 radical (unpaired) electrons. The van der Waals surface area contributed by atoms with E-state index in [0.717, 1.165) is 0 Å². The van der Waals surface area contributed by atoms with Gasteiger partial charge in [0.05, 0.1) is 6.04 Å². The third-order valence-corrected chi connectivity index (χ3v) is 3.15. The average molecular weight is 355 g/mol. The second-order valence-electron chi connectivity index (χ2n) is 6.23. The fourth-order valence-corrected chi connectivity index (χ4v) is 1.76. The first-order valence-electron chi connectivity index (χ1n) is 6.75. The van der Waals surface area contributed by atoms with Crippen LogP contribution in [-0.4, -0.2) is 30.3 Å². The van der Waals surface area contributed by atoms with Crippen molar-refractivity contribution in [3.63, 3.8) is 0 Å². The van der Waals surface area contributed by atoms with E-state index in [9.17, 15) is 18.0 Å². The molecule has 132 valence electrons. The smallest absolute Gasteiger partial charge is 0.406 e. The molecule has 1 amide bonds. The zero-order valence-corrected chi connectivity index (χ0v) is 14.3. The number of carbonyl (C=O) groups is 1. The van der Waals surface area contributed by atoms with Gasteiger partial charge in [0.2, 0.25) is 5.91 Å². The fraction of sp³-hybridized carbons (Fsp3) is 0.533. The lowest BCUT2D eigenvalue weighted by Crippen LogP contribution is -2.48. The number of alkyl halides is 3. The van der Waals surface area contributed by atoms with Crippen LogP contribution in [0, 0.1) is 5.41 Å². The monoisotopic (exact) mass is 354 g/mol. The molecule has 0 unspecified atom stereocenters. The molecule has 2 N–H and O–H groups in total. The van der Waals surface area contributed by atoms with Gasteiger partial charge in [-0.3, -0.25) is 4.79 Å². The minimum Gasteiger partial charge on any atom is -0.406 e. The van der Waals surface area contributed by atoms with Crippen molar-refractivity contribution in [2.24, 2.45) is 11.1 Å². The quantitative estimate of drug-likeness (QED) is 0.902. The van der Waals surface area contributed by atoms with Crippen LogP contribution in [0.3, 0.4) is 0 Å². The summed E-state index contributed by atoms with van der Waals surface area (Å²) in [5.41, 5.74) is 6.23. The number of halogens is 4. The van der Waals surface area contributed by atoms with E-state index in [0.29, 0.717) is 5.56 Å². The maximum atomic E-state index is 12.2. The normalized spacial score (nSPS) is 13.0. The zero-order valence-electron chi connectivity index (χ0n) is 13.5. The van der Waals surface area contributed by atoms with Gasteiger partial charge in [0.15, 0.2) is 0 Å². The Bertz CT molecular complexity index is 513. The number of carbonyl (C=O) groups excluding carboxylic acids is 1. The van der Waals surface area contributed by atoms with Gasteiger partial charge in [-0.05, 0) is 23.1 Å². The molecule has 0 aliphatic heterocycles. The lowest BCUT2D eigenvalue weighted by atomic mass is 9.86. The summed E-state index contributed by atoms with van der Waals surface area (Å²) in [5.74, 6) is -0.514. The van der Waals surface area contributed by atoms with Crippen LogP contribution in [0.5, 0.6) is 5.75 Å². The Labute approximate surface area is 140 Å². The highest BCUT2D eigenvalue weighted by Gasteiger charge is 2.31. The van der Waals surface area contributed by atoms with E-state index in [1.807, 2.05) is 20.8 Å². The third-order valence-electron chi connectivity index (χ3n) is 3.15. The molecule has 0 bridgehead atoms. The number of nitrogens with zero attached hydrogens (tertiary/aromatic N) is 1. The van der Waals surface area contributed by atoms with Gasteiger partial charge in [0, 0.05) is 13.6 Å². The van der Waals surface area contributed by atoms with Crippen LogP contribution in [0.15, 0.2) is 24.3 Å². The molecule has 4 nitrogen and oxygen atoms in total. The minimum absolute atomic E-state index is 0. The van der Waals surface area contributed by atoms with Crippen molar-refractivity contribution in [3.8, 4) is 5.75 Å². The van der Waals surface area contributed by atoms with Gasteiger partial charge in [0.25, 0.3) is 0 Å². The summed E-state index contributed by atoms with van der Waals surface area (Å²) < 4.78 is 40.0. The van der Waals surface area contributed by atoms with Gasteiger partial charge in [-0.15, -0.1) is 25.6 Å². The fourth-order valence-electron chi connectivity index (χ4n) is 1.76. The highest BCUT2D eigenvalue weighted by atomic mass is 35.5. The maximum absolute atomic E-state index is 12.2. The standard InChI is InChI=1S/C15H21F3N2O2.ClH/c1-14(2,3)12(19)13(21)20(4)9-10-5-7-11(8-6-10)22-15(16,17)18;/h5-8,12H,9,19H2,1-4H3;1H/t12-;/m1./s1. The minimum atomic E-state index is -4.71. The van der Waals surface area contributed by atoms with E-state index in [1.54, 1.807) is 7.05 Å². The first-order valence-corrected chi connectivity index (χ1v) is 6.75. The molecule has 1 atom stereocenters. The number of ether oxygens (including phenoxy) is 1. The van der Waals surface area contributed by atoms with Crippen molar-refractivity contribution < 1.29 is 22.7 Å². The van der Waals surface area contributed by atoms with Gasteiger partial charge in [-0.1, -0.05) is 32.9 Å². The molecular formula is C15H22ClF3N2O2. The Kier molecular flexibility index (Phi) is 7.37. The van der Waals surface area contributed by atoms with E-state index in [2.05, 4.69) is 4.74 Å². The van der Waals surface area contributed by atoms with Crippen LogP contribution in [0.4, 0.5) is 13.2 Å². The third kappa shape index (κ3) is 7.09. The van der Waals surface area contributed by atoms with Crippen molar-refractivity contribution in [3.05, 3.63) is 29.8 Å². The SMILES string of the molecule is CN(Cc1ccc(OC(F)(F)F)cc1)C(=O)[C@@H](N)C(C)(C)C.Cl. The number of benzene rings is 1. The number of rotatable bonds is 4. The molecule has 0 aromatic heterocycles. The lowest BCUT2D eigenvalue weighted by molar-refractivity contribution is -0.274. The van der Waals surface area contributed by atoms with Gasteiger partial charge in [-0.2, -0.15) is 0 Å². The van der Waals surface area contributed by atoms with Crippen molar-refractivity contribution in [2.75, 3.05) is 7.05 Å². The summed E-state index contributed by atoms with van der Waals surface area (Å²) in [5, 5.41) is 0. The molecule has 0 saturated carbocycles. The first-order chi connectivity index (χ1) is 9.90. The van der Waals surface area contributed by atoms with Crippen molar-refractivity contribution in [1.29, 1.82) is 0 Å². The second-order valence-corrected chi connectivity index (χ2v) is 6.23. The highest BCUT2D eigenvalue weighted by Crippen LogP contribution is 2.23. The lowest BCUT2D eigenvalue weighted by Gasteiger charge is -2.30. The Balaban J connectivity index is 0.00000484. The Morgan fingerprint density at radius 3 is 2.09 bits per heavy atom. The zero-order chi connectivity index (χ0) is 17.1. The molecule has 0 aliphatic rings. The number of amides is 1. The predicted molar refractivity (Wildman–Crippen MR) is 84.3 cm³/mol. The average Bonchev–Trinajstić information content (AvgIpc) is 2.36. The summed E-state index contributed by atoms with van der Waals surface area (Å²) in [6, 6.07) is 4.74. The van der Waals surface area contributed by atoms with Crippen molar-refractivity contribution in [2.45, 2.75) is 39.7 Å². The van der Waals surface area contributed by atoms with Crippen LogP contribution in [0.1, 0.15) is 26.3 Å². The number of nitrogens with two attached hydrogens (primary N) is 1. The summed E-state index contributed by atoms with van der Waals surface area (Å²) in [6.45, 7) is 5.86. The van der Waals surface area contributed by atoms with Crippen LogP contribution in [0.2, 0.25) is 0 Å². The Morgan fingerprint density at radius 2 is 1.70 bits per heavy atom. The largest absolute Gasteiger partial charge is 0.573 e. The van der Waals surface area contributed by atoms with Gasteiger partial charge < -0.3 is 15.4 Å². The predicted octanol–water partition coefficient (Wildman–Crippen LogP) is 3.34. The topological polar surface area (TPSA) is 55.6 Å². The van der Waals surface area contributed by atoms with Gasteiger partial charge in [0.1, 0.15) is 5.75 Å². The van der Waals surface area contributed by atoms with Crippen LogP contribution in [-0.2, 0) is 11.3 Å². The van der Waals surface area contributed by atoms with E-state index >= 15 is 0 Å². The molecule has 1 aromatic rings. The van der Waals surface area contributed by atoms with Crippen LogP contribution >= 0.6 is 12.4 Å². The van der Waals surface area contributed by atoms with Gasteiger partial charge in [-0.25, -0.2) is 0 Å². The van der Waals surface area contributed by atoms with E-state index in [1.165, 1.54) is 29.2 Å². The maximum Gasteiger partial charge on any atom is 0.573 e. The molecule has 23 heavy (non-hydrogen) atoms. The summed E-state index contributed by atoms with van der Waals surface area (Å²) in [6.07, 6.45) is -4.71. The molecule has 1 rings (SSSR count). The van der Waals surface area contributed by atoms with E-state index < -0.39 is 12.4 Å². The summed E-state index contributed by atoms with van der Waals surface area (Å²) >= 11 is 0. The number of hydrogen-bond acceptors (Lipinski definition) is 3. The molecular weight excluding hydrogens is 333 g/mol.